The molecule has 3 nitrogen and oxygen atoms in total. The minimum Gasteiger partial charge on any atom is -0.495 e. The largest absolute Gasteiger partial charge is 0.573 e. The fraction of sp³-hybridized carbons (Fsp3) is 0.375. The molecule has 0 spiro atoms. The van der Waals surface area contributed by atoms with Gasteiger partial charge in [0.15, 0.2) is 5.75 Å². The third-order valence-corrected chi connectivity index (χ3v) is 2.33. The third kappa shape index (κ3) is 3.35. The molecule has 0 amide bonds. The van der Waals surface area contributed by atoms with Gasteiger partial charge in [-0.1, -0.05) is 0 Å². The Hall–Kier alpha value is -0.800. The van der Waals surface area contributed by atoms with Crippen molar-refractivity contribution in [1.82, 2.24) is 4.98 Å². The molecule has 8 heteroatoms. The second-order valence-electron chi connectivity index (χ2n) is 2.61. The first-order valence-corrected chi connectivity index (χ1v) is 5.00. The average molecular weight is 351 g/mol. The SMILES string of the molecule is COc1cc(OC(F)(F)F)c(I)nc1CF. The normalized spacial score (nSPS) is 11.4. The Morgan fingerprint density at radius 2 is 2.00 bits per heavy atom. The zero-order valence-corrected chi connectivity index (χ0v) is 10.1. The van der Waals surface area contributed by atoms with Crippen molar-refractivity contribution < 1.29 is 27.0 Å². The molecule has 0 aliphatic rings. The van der Waals surface area contributed by atoms with Gasteiger partial charge in [-0.2, -0.15) is 0 Å². The Bertz CT molecular complexity index is 383. The lowest BCUT2D eigenvalue weighted by atomic mass is 10.3. The summed E-state index contributed by atoms with van der Waals surface area (Å²) in [5.41, 5.74) is -0.0681. The minimum atomic E-state index is -4.82. The maximum Gasteiger partial charge on any atom is 0.573 e. The summed E-state index contributed by atoms with van der Waals surface area (Å²) in [7, 11) is 1.21. The van der Waals surface area contributed by atoms with Gasteiger partial charge in [0.1, 0.15) is 21.8 Å². The predicted octanol–water partition coefficient (Wildman–Crippen LogP) is 3.06. The van der Waals surface area contributed by atoms with Crippen LogP contribution in [0.4, 0.5) is 17.6 Å². The van der Waals surface area contributed by atoms with E-state index in [4.69, 9.17) is 4.74 Å². The molecule has 0 aromatic carbocycles. The maximum atomic E-state index is 12.4. The van der Waals surface area contributed by atoms with Crippen LogP contribution in [0.5, 0.6) is 11.5 Å². The van der Waals surface area contributed by atoms with Crippen molar-refractivity contribution in [3.05, 3.63) is 15.5 Å². The second-order valence-corrected chi connectivity index (χ2v) is 3.63. The van der Waals surface area contributed by atoms with Gasteiger partial charge in [-0.25, -0.2) is 9.37 Å². The van der Waals surface area contributed by atoms with E-state index in [0.29, 0.717) is 0 Å². The van der Waals surface area contributed by atoms with Crippen molar-refractivity contribution >= 4 is 22.6 Å². The number of hydrogen-bond donors (Lipinski definition) is 0. The van der Waals surface area contributed by atoms with Gasteiger partial charge in [0.05, 0.1) is 7.11 Å². The summed E-state index contributed by atoms with van der Waals surface area (Å²) in [6, 6.07) is 0.956. The fourth-order valence-corrected chi connectivity index (χ4v) is 1.52. The second kappa shape index (κ2) is 5.02. The standard InChI is InChI=1S/C8H6F4INO2/c1-15-5-2-6(16-8(10,11)12)7(13)14-4(5)3-9/h2H,3H2,1H3. The Labute approximate surface area is 102 Å². The Kier molecular flexibility index (Phi) is 4.16. The highest BCUT2D eigenvalue weighted by atomic mass is 127. The van der Waals surface area contributed by atoms with Gasteiger partial charge in [-0.15, -0.1) is 13.2 Å². The molecule has 0 N–H and O–H groups in total. The molecule has 0 saturated heterocycles. The highest BCUT2D eigenvalue weighted by Gasteiger charge is 2.32. The summed E-state index contributed by atoms with van der Waals surface area (Å²) in [6.07, 6.45) is -4.82. The van der Waals surface area contributed by atoms with Gasteiger partial charge >= 0.3 is 6.36 Å². The quantitative estimate of drug-likeness (QED) is 0.477. The third-order valence-electron chi connectivity index (χ3n) is 1.56. The minimum absolute atomic E-state index is 0.0681. The van der Waals surface area contributed by atoms with Crippen LogP contribution in [0, 0.1) is 3.70 Å². The van der Waals surface area contributed by atoms with Crippen LogP contribution >= 0.6 is 22.6 Å². The van der Waals surface area contributed by atoms with Crippen LogP contribution in [-0.4, -0.2) is 18.5 Å². The summed E-state index contributed by atoms with van der Waals surface area (Å²) in [5.74, 6) is -0.593. The number of hydrogen-bond acceptors (Lipinski definition) is 3. The van der Waals surface area contributed by atoms with Crippen LogP contribution in [-0.2, 0) is 6.67 Å². The zero-order chi connectivity index (χ0) is 12.3. The summed E-state index contributed by atoms with van der Waals surface area (Å²) in [4.78, 5) is 3.61. The molecule has 16 heavy (non-hydrogen) atoms. The van der Waals surface area contributed by atoms with E-state index in [1.54, 1.807) is 0 Å². The molecule has 0 radical (unpaired) electrons. The molecule has 0 atom stereocenters. The number of aromatic nitrogens is 1. The number of ether oxygens (including phenoxy) is 2. The van der Waals surface area contributed by atoms with Crippen molar-refractivity contribution in [2.75, 3.05) is 7.11 Å². The van der Waals surface area contributed by atoms with Gasteiger partial charge in [0, 0.05) is 6.07 Å². The number of pyridine rings is 1. The van der Waals surface area contributed by atoms with Crippen LogP contribution in [0.25, 0.3) is 0 Å². The summed E-state index contributed by atoms with van der Waals surface area (Å²) in [6.45, 7) is -0.925. The Morgan fingerprint density at radius 1 is 1.38 bits per heavy atom. The topological polar surface area (TPSA) is 31.4 Å². The lowest BCUT2D eigenvalue weighted by molar-refractivity contribution is -0.275. The molecular weight excluding hydrogens is 345 g/mol. The average Bonchev–Trinajstić information content (AvgIpc) is 2.18. The summed E-state index contributed by atoms with van der Waals surface area (Å²) in [5, 5.41) is 0. The van der Waals surface area contributed by atoms with E-state index in [9.17, 15) is 17.6 Å². The molecular formula is C8H6F4INO2. The fourth-order valence-electron chi connectivity index (χ4n) is 0.959. The zero-order valence-electron chi connectivity index (χ0n) is 7.94. The number of halogens is 5. The molecule has 90 valence electrons. The molecule has 0 aliphatic heterocycles. The molecule has 1 aromatic rings. The molecule has 1 aromatic heterocycles. The first-order chi connectivity index (χ1) is 7.37. The molecule has 0 saturated carbocycles. The van der Waals surface area contributed by atoms with Crippen LogP contribution < -0.4 is 9.47 Å². The van der Waals surface area contributed by atoms with Gasteiger partial charge in [-0.05, 0) is 22.6 Å². The van der Waals surface area contributed by atoms with E-state index in [-0.39, 0.29) is 15.1 Å². The van der Waals surface area contributed by atoms with Crippen molar-refractivity contribution in [3.8, 4) is 11.5 Å². The van der Waals surface area contributed by atoms with Gasteiger partial charge < -0.3 is 9.47 Å². The molecule has 0 fully saturated rings. The molecule has 1 rings (SSSR count). The van der Waals surface area contributed by atoms with Crippen LogP contribution in [0.3, 0.4) is 0 Å². The highest BCUT2D eigenvalue weighted by molar-refractivity contribution is 14.1. The molecule has 0 unspecified atom stereocenters. The first kappa shape index (κ1) is 13.3. The number of rotatable bonds is 3. The van der Waals surface area contributed by atoms with Gasteiger partial charge in [-0.3, -0.25) is 0 Å². The van der Waals surface area contributed by atoms with Crippen molar-refractivity contribution in [2.24, 2.45) is 0 Å². The van der Waals surface area contributed by atoms with E-state index in [1.807, 2.05) is 0 Å². The maximum absolute atomic E-state index is 12.4. The van der Waals surface area contributed by atoms with Gasteiger partial charge in [0.2, 0.25) is 0 Å². The van der Waals surface area contributed by atoms with Crippen LogP contribution in [0.2, 0.25) is 0 Å². The van der Waals surface area contributed by atoms with Crippen molar-refractivity contribution in [3.63, 3.8) is 0 Å². The lowest BCUT2D eigenvalue weighted by Crippen LogP contribution is -2.18. The van der Waals surface area contributed by atoms with Crippen molar-refractivity contribution in [1.29, 1.82) is 0 Å². The summed E-state index contributed by atoms with van der Waals surface area (Å²) < 4.78 is 56.6. The van der Waals surface area contributed by atoms with Gasteiger partial charge in [0.25, 0.3) is 0 Å². The predicted molar refractivity (Wildman–Crippen MR) is 55.0 cm³/mol. The monoisotopic (exact) mass is 351 g/mol. The Balaban J connectivity index is 3.11. The van der Waals surface area contributed by atoms with Crippen molar-refractivity contribution in [2.45, 2.75) is 13.0 Å². The van der Waals surface area contributed by atoms with E-state index in [1.165, 1.54) is 29.7 Å². The van der Waals surface area contributed by atoms with E-state index in [2.05, 4.69) is 9.72 Å². The molecule has 1 heterocycles. The van der Waals surface area contributed by atoms with Crippen LogP contribution in [0.1, 0.15) is 5.69 Å². The smallest absolute Gasteiger partial charge is 0.495 e. The number of alkyl halides is 4. The Morgan fingerprint density at radius 3 is 2.44 bits per heavy atom. The van der Waals surface area contributed by atoms with E-state index < -0.39 is 18.8 Å². The number of methoxy groups -OCH3 is 1. The first-order valence-electron chi connectivity index (χ1n) is 3.92. The van der Waals surface area contributed by atoms with Crippen LogP contribution in [0.15, 0.2) is 6.07 Å². The highest BCUT2D eigenvalue weighted by Crippen LogP contribution is 2.31. The summed E-state index contributed by atoms with van der Waals surface area (Å²) >= 11 is 1.52. The number of nitrogens with zero attached hydrogens (tertiary/aromatic N) is 1. The molecule has 0 bridgehead atoms. The van der Waals surface area contributed by atoms with E-state index in [0.717, 1.165) is 6.07 Å². The molecule has 0 aliphatic carbocycles. The van der Waals surface area contributed by atoms with E-state index >= 15 is 0 Å². The lowest BCUT2D eigenvalue weighted by Gasteiger charge is -2.12.